The van der Waals surface area contributed by atoms with Gasteiger partial charge in [-0.05, 0) is 50.0 Å². The number of amides is 1. The van der Waals surface area contributed by atoms with Gasteiger partial charge in [0.2, 0.25) is 0 Å². The number of nitrogens with one attached hydrogen (secondary N) is 1. The summed E-state index contributed by atoms with van der Waals surface area (Å²) in [5, 5.41) is 14.2. The Hall–Kier alpha value is -2.68. The first-order chi connectivity index (χ1) is 14.9. The van der Waals surface area contributed by atoms with Crippen LogP contribution in [0.1, 0.15) is 43.0 Å². The van der Waals surface area contributed by atoms with Crippen molar-refractivity contribution in [2.45, 2.75) is 38.6 Å². The number of esters is 1. The van der Waals surface area contributed by atoms with Gasteiger partial charge in [0.15, 0.2) is 6.61 Å². The van der Waals surface area contributed by atoms with Gasteiger partial charge in [-0.25, -0.2) is 4.79 Å². The summed E-state index contributed by atoms with van der Waals surface area (Å²) in [6.07, 6.45) is 4.95. The van der Waals surface area contributed by atoms with E-state index in [1.54, 1.807) is 6.07 Å². The Balaban J connectivity index is 1.38. The molecule has 1 aliphatic heterocycles. The number of benzene rings is 1. The monoisotopic (exact) mass is 431 g/mol. The fourth-order valence-corrected chi connectivity index (χ4v) is 5.40. The molecule has 1 aromatic carbocycles. The van der Waals surface area contributed by atoms with Crippen LogP contribution < -0.4 is 10.2 Å². The summed E-state index contributed by atoms with van der Waals surface area (Å²) in [5.41, 5.74) is 0.443. The number of fused-ring (bicyclic) bond motifs is 2. The van der Waals surface area contributed by atoms with Crippen LogP contribution >= 0.6 is 0 Å². The highest BCUT2D eigenvalue weighted by Gasteiger charge is 2.42. The zero-order valence-electron chi connectivity index (χ0n) is 17.7. The van der Waals surface area contributed by atoms with Crippen LogP contribution in [0, 0.1) is 27.9 Å². The molecule has 31 heavy (non-hydrogen) atoms. The van der Waals surface area contributed by atoms with Gasteiger partial charge in [-0.3, -0.25) is 14.9 Å². The van der Waals surface area contributed by atoms with Crippen LogP contribution in [0.5, 0.6) is 0 Å². The number of carbonyl (C=O) groups is 2. The quantitative estimate of drug-likeness (QED) is 0.401. The maximum absolute atomic E-state index is 12.8. The number of ether oxygens (including phenoxy) is 2. The van der Waals surface area contributed by atoms with Crippen LogP contribution in [0.25, 0.3) is 0 Å². The molecule has 0 spiro atoms. The van der Waals surface area contributed by atoms with E-state index >= 15 is 0 Å². The number of anilines is 1. The lowest BCUT2D eigenvalue weighted by Crippen LogP contribution is -2.42. The third kappa shape index (κ3) is 4.81. The summed E-state index contributed by atoms with van der Waals surface area (Å²) < 4.78 is 10.6. The number of morpholine rings is 1. The lowest BCUT2D eigenvalue weighted by molar-refractivity contribution is -0.384. The maximum atomic E-state index is 12.8. The molecular weight excluding hydrogens is 402 g/mol. The normalized spacial score (nSPS) is 25.8. The SMILES string of the molecule is C[C@@H](NC(=O)COC(=O)c1cc([N+](=O)[O-])ccc1N1CCOCC1)[C@@H]1C[C@H]2CC[C@H]1C2. The van der Waals surface area contributed by atoms with Gasteiger partial charge in [0, 0.05) is 31.3 Å². The van der Waals surface area contributed by atoms with Crippen molar-refractivity contribution >= 4 is 23.3 Å². The summed E-state index contributed by atoms with van der Waals surface area (Å²) in [7, 11) is 0. The Labute approximate surface area is 181 Å². The smallest absolute Gasteiger partial charge is 0.341 e. The van der Waals surface area contributed by atoms with Crippen molar-refractivity contribution in [1.82, 2.24) is 5.32 Å². The van der Waals surface area contributed by atoms with E-state index in [2.05, 4.69) is 5.32 Å². The summed E-state index contributed by atoms with van der Waals surface area (Å²) in [5.74, 6) is 0.876. The highest BCUT2D eigenvalue weighted by atomic mass is 16.6. The van der Waals surface area contributed by atoms with Gasteiger partial charge in [0.05, 0.1) is 29.4 Å². The predicted octanol–water partition coefficient (Wildman–Crippen LogP) is 2.53. The molecule has 2 aliphatic carbocycles. The number of carbonyl (C=O) groups excluding carboxylic acids is 2. The van der Waals surface area contributed by atoms with Crippen LogP contribution in [-0.2, 0) is 14.3 Å². The number of nitrogens with zero attached hydrogens (tertiary/aromatic N) is 2. The van der Waals surface area contributed by atoms with E-state index in [0.717, 1.165) is 12.3 Å². The van der Waals surface area contributed by atoms with Gasteiger partial charge in [0.1, 0.15) is 0 Å². The number of nitro groups is 1. The minimum atomic E-state index is -0.743. The number of hydrogen-bond acceptors (Lipinski definition) is 7. The van der Waals surface area contributed by atoms with Crippen molar-refractivity contribution in [2.24, 2.45) is 17.8 Å². The average molecular weight is 431 g/mol. The highest BCUT2D eigenvalue weighted by molar-refractivity contribution is 5.97. The standard InChI is InChI=1S/C22H29N3O6/c1-14(18-11-15-2-3-16(18)10-15)23-21(26)13-31-22(27)19-12-17(25(28)29)4-5-20(19)24-6-8-30-9-7-24/h4-5,12,14-16,18H,2-3,6-11,13H2,1H3,(H,23,26)/t14-,15+,16+,18+/m1/s1. The first-order valence-corrected chi connectivity index (χ1v) is 11.0. The molecule has 4 rings (SSSR count). The zero-order valence-corrected chi connectivity index (χ0v) is 17.7. The van der Waals surface area contributed by atoms with Crippen LogP contribution in [0.15, 0.2) is 18.2 Å². The van der Waals surface area contributed by atoms with E-state index in [0.29, 0.717) is 43.8 Å². The molecule has 1 N–H and O–H groups in total. The first-order valence-electron chi connectivity index (χ1n) is 11.0. The minimum absolute atomic E-state index is 0.0447. The number of nitro benzene ring substituents is 1. The molecular formula is C22H29N3O6. The number of rotatable bonds is 7. The second-order valence-electron chi connectivity index (χ2n) is 8.83. The van der Waals surface area contributed by atoms with Crippen molar-refractivity contribution in [3.8, 4) is 0 Å². The molecule has 1 amide bonds. The maximum Gasteiger partial charge on any atom is 0.341 e. The van der Waals surface area contributed by atoms with Crippen molar-refractivity contribution in [1.29, 1.82) is 0 Å². The first kappa shape index (κ1) is 21.5. The number of non-ortho nitro benzene ring substituents is 1. The third-order valence-corrected chi connectivity index (χ3v) is 6.92. The van der Waals surface area contributed by atoms with E-state index in [1.807, 2.05) is 11.8 Å². The van der Waals surface area contributed by atoms with Crippen molar-refractivity contribution in [3.63, 3.8) is 0 Å². The molecule has 0 unspecified atom stereocenters. The molecule has 168 valence electrons. The summed E-state index contributed by atoms with van der Waals surface area (Å²) in [6, 6.07) is 4.18. The molecule has 1 aromatic rings. The number of hydrogen-bond donors (Lipinski definition) is 1. The lowest BCUT2D eigenvalue weighted by Gasteiger charge is -2.30. The molecule has 4 atom stereocenters. The Morgan fingerprint density at radius 2 is 2.06 bits per heavy atom. The van der Waals surface area contributed by atoms with Gasteiger partial charge in [-0.1, -0.05) is 6.42 Å². The van der Waals surface area contributed by atoms with Crippen LogP contribution in [0.3, 0.4) is 0 Å². The van der Waals surface area contributed by atoms with Crippen LogP contribution in [0.2, 0.25) is 0 Å². The molecule has 1 saturated heterocycles. The fourth-order valence-electron chi connectivity index (χ4n) is 5.40. The Morgan fingerprint density at radius 3 is 2.71 bits per heavy atom. The molecule has 0 aromatic heterocycles. The molecule has 2 bridgehead atoms. The van der Waals surface area contributed by atoms with Crippen molar-refractivity contribution in [3.05, 3.63) is 33.9 Å². The van der Waals surface area contributed by atoms with E-state index in [4.69, 9.17) is 9.47 Å². The second kappa shape index (κ2) is 9.21. The Kier molecular flexibility index (Phi) is 6.41. The van der Waals surface area contributed by atoms with Crippen LogP contribution in [-0.4, -0.2) is 55.8 Å². The summed E-state index contributed by atoms with van der Waals surface area (Å²) in [6.45, 7) is 3.76. The lowest BCUT2D eigenvalue weighted by atomic mass is 9.84. The molecule has 1 heterocycles. The van der Waals surface area contributed by atoms with Gasteiger partial charge < -0.3 is 19.7 Å². The Bertz CT molecular complexity index is 854. The van der Waals surface area contributed by atoms with E-state index in [9.17, 15) is 19.7 Å². The fraction of sp³-hybridized carbons (Fsp3) is 0.636. The molecule has 3 fully saturated rings. The van der Waals surface area contributed by atoms with E-state index < -0.39 is 17.5 Å². The summed E-state index contributed by atoms with van der Waals surface area (Å²) >= 11 is 0. The third-order valence-electron chi connectivity index (χ3n) is 6.92. The van der Waals surface area contributed by atoms with Gasteiger partial charge in [-0.15, -0.1) is 0 Å². The van der Waals surface area contributed by atoms with Crippen molar-refractivity contribution < 1.29 is 24.0 Å². The molecule has 9 nitrogen and oxygen atoms in total. The Morgan fingerprint density at radius 1 is 1.29 bits per heavy atom. The van der Waals surface area contributed by atoms with E-state index in [-0.39, 0.29) is 23.2 Å². The molecule has 2 saturated carbocycles. The molecule has 9 heteroatoms. The predicted molar refractivity (Wildman–Crippen MR) is 113 cm³/mol. The van der Waals surface area contributed by atoms with Crippen LogP contribution in [0.4, 0.5) is 11.4 Å². The highest BCUT2D eigenvalue weighted by Crippen LogP contribution is 2.49. The molecule has 0 radical (unpaired) electrons. The topological polar surface area (TPSA) is 111 Å². The second-order valence-corrected chi connectivity index (χ2v) is 8.83. The van der Waals surface area contributed by atoms with Crippen molar-refractivity contribution in [2.75, 3.05) is 37.8 Å². The average Bonchev–Trinajstić information content (AvgIpc) is 3.41. The largest absolute Gasteiger partial charge is 0.452 e. The zero-order chi connectivity index (χ0) is 22.0. The van der Waals surface area contributed by atoms with E-state index in [1.165, 1.54) is 31.4 Å². The van der Waals surface area contributed by atoms with Gasteiger partial charge in [-0.2, -0.15) is 0 Å². The molecule has 3 aliphatic rings. The van der Waals surface area contributed by atoms with Gasteiger partial charge in [0.25, 0.3) is 11.6 Å². The minimum Gasteiger partial charge on any atom is -0.452 e. The summed E-state index contributed by atoms with van der Waals surface area (Å²) in [4.78, 5) is 37.7. The van der Waals surface area contributed by atoms with Gasteiger partial charge >= 0.3 is 5.97 Å².